The Morgan fingerprint density at radius 1 is 0.957 bits per heavy atom. The van der Waals surface area contributed by atoms with Crippen LogP contribution in [0.2, 0.25) is 0 Å². The lowest BCUT2D eigenvalue weighted by atomic mass is 10.1. The molecule has 0 aromatic heterocycles. The number of ether oxygens (including phenoxy) is 5. The maximum atomic E-state index is 11.2. The monoisotopic (exact) mass is 330 g/mol. The van der Waals surface area contributed by atoms with Gasteiger partial charge in [-0.25, -0.2) is 0 Å². The van der Waals surface area contributed by atoms with Gasteiger partial charge in [0.05, 0.1) is 0 Å². The first-order chi connectivity index (χ1) is 10.7. The zero-order valence-corrected chi connectivity index (χ0v) is 13.2. The van der Waals surface area contributed by atoms with Crippen molar-refractivity contribution in [2.24, 2.45) is 0 Å². The summed E-state index contributed by atoms with van der Waals surface area (Å²) < 4.78 is 25.1. The molecule has 9 heteroatoms. The zero-order valence-electron chi connectivity index (χ0n) is 13.2. The molecule has 0 amide bonds. The predicted molar refractivity (Wildman–Crippen MR) is 72.5 cm³/mol. The fourth-order valence-corrected chi connectivity index (χ4v) is 1.77. The van der Waals surface area contributed by atoms with Crippen molar-refractivity contribution < 1.29 is 42.9 Å². The van der Waals surface area contributed by atoms with Gasteiger partial charge in [-0.2, -0.15) is 0 Å². The highest BCUT2D eigenvalue weighted by Crippen LogP contribution is 2.24. The zero-order chi connectivity index (χ0) is 17.6. The van der Waals surface area contributed by atoms with Crippen molar-refractivity contribution in [3.63, 3.8) is 0 Å². The molecule has 1 rings (SSSR count). The number of carbonyl (C=O) groups is 4. The topological polar surface area (TPSA) is 114 Å². The van der Waals surface area contributed by atoms with E-state index in [0.29, 0.717) is 0 Å². The molecule has 1 aliphatic heterocycles. The molecule has 0 spiro atoms. The summed E-state index contributed by atoms with van der Waals surface area (Å²) in [7, 11) is 0. The number of hydrogen-bond donors (Lipinski definition) is 0. The summed E-state index contributed by atoms with van der Waals surface area (Å²) in [6.45, 7) is 4.42. The van der Waals surface area contributed by atoms with Crippen molar-refractivity contribution in [1.29, 1.82) is 0 Å². The minimum atomic E-state index is -1.25. The molecule has 23 heavy (non-hydrogen) atoms. The Labute approximate surface area is 132 Å². The van der Waals surface area contributed by atoms with E-state index in [-0.39, 0.29) is 12.4 Å². The first kappa shape index (κ1) is 18.6. The normalized spacial score (nSPS) is 23.3. The average molecular weight is 330 g/mol. The fourth-order valence-electron chi connectivity index (χ4n) is 1.77. The van der Waals surface area contributed by atoms with Gasteiger partial charge in [0, 0.05) is 33.8 Å². The third kappa shape index (κ3) is 6.47. The van der Waals surface area contributed by atoms with E-state index in [0.717, 1.165) is 13.8 Å². The summed E-state index contributed by atoms with van der Waals surface area (Å²) in [6, 6.07) is 0. The van der Waals surface area contributed by atoms with E-state index in [1.807, 2.05) is 0 Å². The molecule has 0 aromatic carbocycles. The molecule has 3 unspecified atom stereocenters. The highest BCUT2D eigenvalue weighted by molar-refractivity contribution is 5.69. The highest BCUT2D eigenvalue weighted by atomic mass is 16.7. The van der Waals surface area contributed by atoms with Crippen molar-refractivity contribution in [3.8, 4) is 0 Å². The minimum Gasteiger partial charge on any atom is -0.463 e. The number of carbonyl (C=O) groups excluding carboxylic acids is 4. The van der Waals surface area contributed by atoms with E-state index in [1.165, 1.54) is 19.9 Å². The quantitative estimate of drug-likeness (QED) is 0.515. The van der Waals surface area contributed by atoms with Gasteiger partial charge in [0.25, 0.3) is 0 Å². The van der Waals surface area contributed by atoms with E-state index < -0.39 is 42.4 Å². The molecule has 1 aliphatic rings. The SMILES string of the molecule is CC(=O)OCC1OC(OC(C)=O)C(OC(C)=O)C=C1OC(C)=O. The molecule has 1 heterocycles. The summed E-state index contributed by atoms with van der Waals surface area (Å²) in [5.41, 5.74) is 0. The van der Waals surface area contributed by atoms with Crippen LogP contribution < -0.4 is 0 Å². The van der Waals surface area contributed by atoms with E-state index in [9.17, 15) is 19.2 Å². The van der Waals surface area contributed by atoms with Gasteiger partial charge in [0.15, 0.2) is 12.2 Å². The molecule has 0 aromatic rings. The van der Waals surface area contributed by atoms with E-state index in [2.05, 4.69) is 0 Å². The van der Waals surface area contributed by atoms with Crippen LogP contribution in [0.15, 0.2) is 11.8 Å². The van der Waals surface area contributed by atoms with Gasteiger partial charge >= 0.3 is 23.9 Å². The van der Waals surface area contributed by atoms with Crippen LogP contribution in [0.1, 0.15) is 27.7 Å². The molecule has 0 aliphatic carbocycles. The van der Waals surface area contributed by atoms with Gasteiger partial charge < -0.3 is 23.7 Å². The number of hydrogen-bond acceptors (Lipinski definition) is 9. The number of rotatable bonds is 5. The Kier molecular flexibility index (Phi) is 6.70. The molecule has 3 atom stereocenters. The largest absolute Gasteiger partial charge is 0.463 e. The summed E-state index contributed by atoms with van der Waals surface area (Å²) >= 11 is 0. The van der Waals surface area contributed by atoms with Gasteiger partial charge in [0.1, 0.15) is 12.4 Å². The second-order valence-electron chi connectivity index (χ2n) is 4.64. The Morgan fingerprint density at radius 3 is 2.04 bits per heavy atom. The molecule has 0 fully saturated rings. The van der Waals surface area contributed by atoms with Crippen LogP contribution in [0.25, 0.3) is 0 Å². The molecule has 0 radical (unpaired) electrons. The number of esters is 4. The van der Waals surface area contributed by atoms with Crippen LogP contribution in [0.5, 0.6) is 0 Å². The van der Waals surface area contributed by atoms with E-state index in [4.69, 9.17) is 23.7 Å². The summed E-state index contributed by atoms with van der Waals surface area (Å²) in [4.78, 5) is 44.4. The van der Waals surface area contributed by atoms with Crippen molar-refractivity contribution in [2.75, 3.05) is 6.61 Å². The molecule has 9 nitrogen and oxygen atoms in total. The Morgan fingerprint density at radius 2 is 1.57 bits per heavy atom. The molecule has 0 N–H and O–H groups in total. The smallest absolute Gasteiger partial charge is 0.307 e. The van der Waals surface area contributed by atoms with Gasteiger partial charge in [-0.1, -0.05) is 0 Å². The lowest BCUT2D eigenvalue weighted by molar-refractivity contribution is -0.227. The molecular formula is C14H18O9. The third-order valence-electron chi connectivity index (χ3n) is 2.50. The Hall–Kier alpha value is -2.42. The lowest BCUT2D eigenvalue weighted by Gasteiger charge is -2.33. The van der Waals surface area contributed by atoms with Crippen LogP contribution in [0, 0.1) is 0 Å². The first-order valence-corrected chi connectivity index (χ1v) is 6.72. The van der Waals surface area contributed by atoms with Crippen molar-refractivity contribution in [1.82, 2.24) is 0 Å². The van der Waals surface area contributed by atoms with Crippen LogP contribution in [-0.2, 0) is 42.9 Å². The highest BCUT2D eigenvalue weighted by Gasteiger charge is 2.38. The third-order valence-corrected chi connectivity index (χ3v) is 2.50. The van der Waals surface area contributed by atoms with E-state index in [1.54, 1.807) is 0 Å². The lowest BCUT2D eigenvalue weighted by Crippen LogP contribution is -2.45. The molecule has 0 saturated carbocycles. The van der Waals surface area contributed by atoms with Crippen molar-refractivity contribution in [3.05, 3.63) is 11.8 Å². The van der Waals surface area contributed by atoms with Crippen molar-refractivity contribution in [2.45, 2.75) is 46.2 Å². The van der Waals surface area contributed by atoms with Crippen molar-refractivity contribution >= 4 is 23.9 Å². The van der Waals surface area contributed by atoms with Crippen LogP contribution in [-0.4, -0.2) is 49.0 Å². The molecule has 128 valence electrons. The molecule has 0 saturated heterocycles. The van der Waals surface area contributed by atoms with E-state index >= 15 is 0 Å². The maximum absolute atomic E-state index is 11.2. The summed E-state index contributed by atoms with van der Waals surface area (Å²) in [5.74, 6) is -2.52. The average Bonchev–Trinajstić information content (AvgIpc) is 2.38. The molecule has 0 bridgehead atoms. The van der Waals surface area contributed by atoms with Crippen LogP contribution in [0.4, 0.5) is 0 Å². The Balaban J connectivity index is 3.03. The van der Waals surface area contributed by atoms with Crippen LogP contribution >= 0.6 is 0 Å². The predicted octanol–water partition coefficient (Wildman–Crippen LogP) is 0.216. The van der Waals surface area contributed by atoms with Gasteiger partial charge in [0.2, 0.25) is 6.29 Å². The summed E-state index contributed by atoms with van der Waals surface area (Å²) in [5, 5.41) is 0. The summed E-state index contributed by atoms with van der Waals surface area (Å²) in [6.07, 6.45) is -2.07. The molecular weight excluding hydrogens is 312 g/mol. The second-order valence-corrected chi connectivity index (χ2v) is 4.64. The Bertz CT molecular complexity index is 522. The standard InChI is InChI=1S/C14H18O9/c1-7(15)19-6-13-11(20-8(2)16)5-12(21-9(3)17)14(23-13)22-10(4)18/h5,12-14H,6H2,1-4H3. The maximum Gasteiger partial charge on any atom is 0.307 e. The second kappa shape index (κ2) is 8.28. The van der Waals surface area contributed by atoms with Gasteiger partial charge in [-0.15, -0.1) is 0 Å². The first-order valence-electron chi connectivity index (χ1n) is 6.72. The van der Waals surface area contributed by atoms with Gasteiger partial charge in [-0.3, -0.25) is 19.2 Å². The van der Waals surface area contributed by atoms with Crippen LogP contribution in [0.3, 0.4) is 0 Å². The minimum absolute atomic E-state index is 0.00611. The van der Waals surface area contributed by atoms with Gasteiger partial charge in [-0.05, 0) is 0 Å². The fraction of sp³-hybridized carbons (Fsp3) is 0.571.